The van der Waals surface area contributed by atoms with Gasteiger partial charge in [-0.05, 0) is 25.5 Å². The molecule has 0 spiro atoms. The Hall–Kier alpha value is -2.69. The van der Waals surface area contributed by atoms with Crippen LogP contribution in [0.1, 0.15) is 11.1 Å². The number of aryl methyl sites for hydroxylation is 3. The average Bonchev–Trinajstić information content (AvgIpc) is 2.51. The third-order valence-corrected chi connectivity index (χ3v) is 3.96. The van der Waals surface area contributed by atoms with E-state index < -0.39 is 0 Å². The molecule has 0 bridgehead atoms. The van der Waals surface area contributed by atoms with Gasteiger partial charge in [-0.1, -0.05) is 29.8 Å². The Morgan fingerprint density at radius 2 is 1.59 bits per heavy atom. The van der Waals surface area contributed by atoms with E-state index in [4.69, 9.17) is 0 Å². The first-order chi connectivity index (χ1) is 10.4. The first-order valence-corrected chi connectivity index (χ1v) is 7.04. The lowest BCUT2D eigenvalue weighted by molar-refractivity contribution is 0.710. The molecule has 22 heavy (non-hydrogen) atoms. The van der Waals surface area contributed by atoms with Crippen molar-refractivity contribution in [1.82, 2.24) is 14.1 Å². The fourth-order valence-electron chi connectivity index (χ4n) is 2.59. The predicted molar refractivity (Wildman–Crippen MR) is 87.1 cm³/mol. The SMILES string of the molecule is Cc1ccc(-c2nc3c(=O)n(C)c(=O)n(C)c3cc2C)cc1. The first-order valence-electron chi connectivity index (χ1n) is 7.04. The Labute approximate surface area is 127 Å². The van der Waals surface area contributed by atoms with E-state index in [0.29, 0.717) is 11.0 Å². The molecule has 0 amide bonds. The first kappa shape index (κ1) is 14.3. The molecule has 0 aliphatic rings. The van der Waals surface area contributed by atoms with E-state index in [2.05, 4.69) is 4.98 Å². The molecule has 3 aromatic rings. The van der Waals surface area contributed by atoms with Gasteiger partial charge in [0.25, 0.3) is 5.56 Å². The lowest BCUT2D eigenvalue weighted by Gasteiger charge is -2.11. The lowest BCUT2D eigenvalue weighted by atomic mass is 10.0. The molecule has 0 atom stereocenters. The minimum Gasteiger partial charge on any atom is -0.295 e. The summed E-state index contributed by atoms with van der Waals surface area (Å²) >= 11 is 0. The molecule has 0 aliphatic heterocycles. The maximum Gasteiger partial charge on any atom is 0.331 e. The zero-order valence-electron chi connectivity index (χ0n) is 13.0. The normalized spacial score (nSPS) is 11.1. The minimum absolute atomic E-state index is 0.311. The summed E-state index contributed by atoms with van der Waals surface area (Å²) in [5, 5.41) is 0. The number of benzene rings is 1. The summed E-state index contributed by atoms with van der Waals surface area (Å²) in [6.45, 7) is 3.96. The second-order valence-corrected chi connectivity index (χ2v) is 5.59. The summed E-state index contributed by atoms with van der Waals surface area (Å²) in [6.07, 6.45) is 0. The maximum atomic E-state index is 12.3. The fraction of sp³-hybridized carbons (Fsp3) is 0.235. The highest BCUT2D eigenvalue weighted by molar-refractivity contribution is 5.79. The molecule has 5 heteroatoms. The van der Waals surface area contributed by atoms with Crippen LogP contribution in [0.25, 0.3) is 22.3 Å². The molecule has 112 valence electrons. The number of fused-ring (bicyclic) bond motifs is 1. The second kappa shape index (κ2) is 4.94. The van der Waals surface area contributed by atoms with Crippen LogP contribution in [-0.2, 0) is 14.1 Å². The van der Waals surface area contributed by atoms with Crippen LogP contribution in [-0.4, -0.2) is 14.1 Å². The van der Waals surface area contributed by atoms with Gasteiger partial charge in [0.15, 0.2) is 5.52 Å². The highest BCUT2D eigenvalue weighted by atomic mass is 16.2. The van der Waals surface area contributed by atoms with Crippen molar-refractivity contribution in [3.63, 3.8) is 0 Å². The van der Waals surface area contributed by atoms with Crippen LogP contribution in [0.3, 0.4) is 0 Å². The predicted octanol–water partition coefficient (Wildman–Crippen LogP) is 1.92. The van der Waals surface area contributed by atoms with Gasteiger partial charge in [-0.3, -0.25) is 13.9 Å². The lowest BCUT2D eigenvalue weighted by Crippen LogP contribution is -2.37. The zero-order chi connectivity index (χ0) is 16.0. The van der Waals surface area contributed by atoms with Crippen molar-refractivity contribution in [1.29, 1.82) is 0 Å². The van der Waals surface area contributed by atoms with Gasteiger partial charge in [-0.25, -0.2) is 9.78 Å². The molecule has 0 fully saturated rings. The number of pyridine rings is 1. The number of rotatable bonds is 1. The highest BCUT2D eigenvalue weighted by Crippen LogP contribution is 2.23. The molecule has 3 rings (SSSR count). The summed E-state index contributed by atoms with van der Waals surface area (Å²) in [7, 11) is 3.12. The molecule has 0 saturated carbocycles. The van der Waals surface area contributed by atoms with Crippen LogP contribution in [0.5, 0.6) is 0 Å². The molecule has 0 radical (unpaired) electrons. The Morgan fingerprint density at radius 3 is 2.23 bits per heavy atom. The molecule has 2 heterocycles. The third-order valence-electron chi connectivity index (χ3n) is 3.96. The number of nitrogens with zero attached hydrogens (tertiary/aromatic N) is 3. The maximum absolute atomic E-state index is 12.3. The molecule has 0 aliphatic carbocycles. The van der Waals surface area contributed by atoms with Crippen molar-refractivity contribution < 1.29 is 0 Å². The van der Waals surface area contributed by atoms with Gasteiger partial charge in [-0.15, -0.1) is 0 Å². The van der Waals surface area contributed by atoms with Crippen molar-refractivity contribution in [2.45, 2.75) is 13.8 Å². The summed E-state index contributed by atoms with van der Waals surface area (Å²) in [4.78, 5) is 28.9. The molecule has 0 unspecified atom stereocenters. The van der Waals surface area contributed by atoms with Crippen LogP contribution >= 0.6 is 0 Å². The summed E-state index contributed by atoms with van der Waals surface area (Å²) in [5.74, 6) is 0. The summed E-state index contributed by atoms with van der Waals surface area (Å²) < 4.78 is 2.54. The highest BCUT2D eigenvalue weighted by Gasteiger charge is 2.13. The van der Waals surface area contributed by atoms with Gasteiger partial charge in [0.05, 0.1) is 11.2 Å². The number of hydrogen-bond donors (Lipinski definition) is 0. The molecule has 0 saturated heterocycles. The minimum atomic E-state index is -0.369. The van der Waals surface area contributed by atoms with E-state index in [9.17, 15) is 9.59 Å². The number of aromatic nitrogens is 3. The topological polar surface area (TPSA) is 56.9 Å². The van der Waals surface area contributed by atoms with E-state index in [1.807, 2.05) is 44.2 Å². The van der Waals surface area contributed by atoms with Crippen LogP contribution in [0, 0.1) is 13.8 Å². The van der Waals surface area contributed by atoms with E-state index >= 15 is 0 Å². The van der Waals surface area contributed by atoms with Crippen LogP contribution in [0.2, 0.25) is 0 Å². The average molecular weight is 295 g/mol. The Bertz CT molecular complexity index is 996. The van der Waals surface area contributed by atoms with Gasteiger partial charge in [0.1, 0.15) is 0 Å². The second-order valence-electron chi connectivity index (χ2n) is 5.59. The molecular weight excluding hydrogens is 278 g/mol. The van der Waals surface area contributed by atoms with Gasteiger partial charge >= 0.3 is 5.69 Å². The Kier molecular flexibility index (Phi) is 3.20. The zero-order valence-corrected chi connectivity index (χ0v) is 13.0. The third kappa shape index (κ3) is 2.06. The fourth-order valence-corrected chi connectivity index (χ4v) is 2.59. The van der Waals surface area contributed by atoms with Crippen LogP contribution in [0.15, 0.2) is 39.9 Å². The van der Waals surface area contributed by atoms with Gasteiger partial charge in [-0.2, -0.15) is 0 Å². The quantitative estimate of drug-likeness (QED) is 0.689. The van der Waals surface area contributed by atoms with Gasteiger partial charge in [0, 0.05) is 19.7 Å². The summed E-state index contributed by atoms with van der Waals surface area (Å²) in [6, 6.07) is 9.85. The van der Waals surface area contributed by atoms with E-state index in [-0.39, 0.29) is 11.2 Å². The molecule has 2 aromatic heterocycles. The molecule has 0 N–H and O–H groups in total. The van der Waals surface area contributed by atoms with Crippen molar-refractivity contribution in [2.24, 2.45) is 14.1 Å². The number of hydrogen-bond acceptors (Lipinski definition) is 3. The van der Waals surface area contributed by atoms with Crippen LogP contribution in [0.4, 0.5) is 0 Å². The molecule has 5 nitrogen and oxygen atoms in total. The van der Waals surface area contributed by atoms with Gasteiger partial charge < -0.3 is 0 Å². The smallest absolute Gasteiger partial charge is 0.295 e. The molecular formula is C17H17N3O2. The Morgan fingerprint density at radius 1 is 0.955 bits per heavy atom. The summed E-state index contributed by atoms with van der Waals surface area (Å²) in [5.41, 5.74) is 3.98. The van der Waals surface area contributed by atoms with E-state index in [0.717, 1.165) is 21.4 Å². The molecule has 1 aromatic carbocycles. The van der Waals surface area contributed by atoms with Gasteiger partial charge in [0.2, 0.25) is 0 Å². The monoisotopic (exact) mass is 295 g/mol. The Balaban J connectivity index is 2.40. The van der Waals surface area contributed by atoms with Crippen molar-refractivity contribution in [3.8, 4) is 11.3 Å². The largest absolute Gasteiger partial charge is 0.331 e. The van der Waals surface area contributed by atoms with E-state index in [1.165, 1.54) is 17.2 Å². The van der Waals surface area contributed by atoms with Crippen molar-refractivity contribution in [3.05, 3.63) is 62.3 Å². The van der Waals surface area contributed by atoms with Crippen molar-refractivity contribution in [2.75, 3.05) is 0 Å². The van der Waals surface area contributed by atoms with Crippen LogP contribution < -0.4 is 11.2 Å². The standard InChI is InChI=1S/C17H17N3O2/c1-10-5-7-12(8-6-10)14-11(2)9-13-15(18-14)16(21)20(4)17(22)19(13)3/h5-9H,1-4H3. The van der Waals surface area contributed by atoms with Crippen molar-refractivity contribution >= 4 is 11.0 Å². The van der Waals surface area contributed by atoms with E-state index in [1.54, 1.807) is 7.05 Å².